The van der Waals surface area contributed by atoms with E-state index in [0.29, 0.717) is 10.6 Å². The Morgan fingerprint density at radius 2 is 1.86 bits per heavy atom. The molecule has 1 aliphatic rings. The molecule has 1 amide bonds. The molecule has 0 aliphatic carbocycles. The van der Waals surface area contributed by atoms with Gasteiger partial charge in [-0.15, -0.1) is 0 Å². The Kier molecular flexibility index (Phi) is 5.88. The van der Waals surface area contributed by atoms with Crippen molar-refractivity contribution in [1.82, 2.24) is 14.5 Å². The van der Waals surface area contributed by atoms with E-state index in [1.807, 2.05) is 38.1 Å². The first-order valence-corrected chi connectivity index (χ1v) is 10.6. The molecular formula is C23H27ClN4O. The molecule has 1 N–H and O–H groups in total. The summed E-state index contributed by atoms with van der Waals surface area (Å²) in [5.74, 6) is -0.241. The van der Waals surface area contributed by atoms with Crippen LogP contribution in [0.4, 0.5) is 5.69 Å². The summed E-state index contributed by atoms with van der Waals surface area (Å²) < 4.78 is 2.16. The van der Waals surface area contributed by atoms with Crippen LogP contribution in [0.1, 0.15) is 40.7 Å². The summed E-state index contributed by atoms with van der Waals surface area (Å²) in [6, 6.07) is 7.69. The van der Waals surface area contributed by atoms with Gasteiger partial charge in [0.2, 0.25) is 0 Å². The Morgan fingerprint density at radius 3 is 2.59 bits per heavy atom. The monoisotopic (exact) mass is 410 g/mol. The maximum atomic E-state index is 12.8. The fourth-order valence-electron chi connectivity index (χ4n) is 4.04. The molecule has 6 heteroatoms. The van der Waals surface area contributed by atoms with Crippen molar-refractivity contribution in [3.8, 4) is 0 Å². The van der Waals surface area contributed by atoms with Crippen LogP contribution >= 0.6 is 11.6 Å². The van der Waals surface area contributed by atoms with E-state index in [0.717, 1.165) is 47.4 Å². The van der Waals surface area contributed by atoms with Crippen LogP contribution in [-0.2, 0) is 6.54 Å². The number of hydrogen-bond acceptors (Lipinski definition) is 3. The second-order valence-corrected chi connectivity index (χ2v) is 8.29. The minimum absolute atomic E-state index is 0.241. The third kappa shape index (κ3) is 4.31. The first kappa shape index (κ1) is 19.9. The highest BCUT2D eigenvalue weighted by atomic mass is 35.5. The lowest BCUT2D eigenvalue weighted by Gasteiger charge is -2.14. The molecule has 0 atom stereocenters. The lowest BCUT2D eigenvalue weighted by molar-refractivity contribution is 0.102. The minimum Gasteiger partial charge on any atom is -0.332 e. The molecule has 1 saturated heterocycles. The Hall–Kier alpha value is -2.37. The molecule has 4 rings (SSSR count). The van der Waals surface area contributed by atoms with Gasteiger partial charge in [0.25, 0.3) is 5.91 Å². The highest BCUT2D eigenvalue weighted by Crippen LogP contribution is 2.30. The number of carbonyl (C=O) groups is 1. The molecule has 0 radical (unpaired) electrons. The van der Waals surface area contributed by atoms with Crippen molar-refractivity contribution in [3.63, 3.8) is 0 Å². The number of carbonyl (C=O) groups excluding carboxylic acids is 1. The van der Waals surface area contributed by atoms with E-state index in [1.54, 1.807) is 6.20 Å². The number of fused-ring (bicyclic) bond motifs is 1. The predicted molar refractivity (Wildman–Crippen MR) is 119 cm³/mol. The first-order chi connectivity index (χ1) is 14.0. The van der Waals surface area contributed by atoms with Crippen molar-refractivity contribution < 1.29 is 4.79 Å². The van der Waals surface area contributed by atoms with Crippen LogP contribution in [0.15, 0.2) is 36.7 Å². The molecule has 3 heterocycles. The molecule has 152 valence electrons. The van der Waals surface area contributed by atoms with Crippen LogP contribution in [0, 0.1) is 13.8 Å². The molecule has 0 unspecified atom stereocenters. The molecular weight excluding hydrogens is 384 g/mol. The van der Waals surface area contributed by atoms with Gasteiger partial charge in [0.05, 0.1) is 10.6 Å². The third-order valence-electron chi connectivity index (χ3n) is 5.64. The Labute approximate surface area is 176 Å². The maximum Gasteiger partial charge on any atom is 0.258 e. The van der Waals surface area contributed by atoms with E-state index in [1.165, 1.54) is 25.9 Å². The number of anilines is 1. The van der Waals surface area contributed by atoms with Gasteiger partial charge in [-0.2, -0.15) is 0 Å². The lowest BCUT2D eigenvalue weighted by Crippen LogP contribution is -2.21. The predicted octanol–water partition coefficient (Wildman–Crippen LogP) is 5.04. The standard InChI is InChI=1S/C23H27ClN4O/c1-16-6-8-18(9-7-16)26-23(29)19-14-25-22-20(21(19)24)17(2)15-28(22)13-5-12-27-10-3-4-11-27/h6-9,14-15H,3-5,10-13H2,1-2H3,(H,26,29). The highest BCUT2D eigenvalue weighted by Gasteiger charge is 2.19. The lowest BCUT2D eigenvalue weighted by atomic mass is 10.1. The largest absolute Gasteiger partial charge is 0.332 e. The van der Waals surface area contributed by atoms with E-state index in [-0.39, 0.29) is 5.91 Å². The summed E-state index contributed by atoms with van der Waals surface area (Å²) >= 11 is 6.66. The van der Waals surface area contributed by atoms with Crippen molar-refractivity contribution in [2.24, 2.45) is 0 Å². The highest BCUT2D eigenvalue weighted by molar-refractivity contribution is 6.39. The number of likely N-dealkylation sites (tertiary alicyclic amines) is 1. The summed E-state index contributed by atoms with van der Waals surface area (Å²) in [4.78, 5) is 19.9. The zero-order valence-corrected chi connectivity index (χ0v) is 17.8. The van der Waals surface area contributed by atoms with Crippen LogP contribution in [-0.4, -0.2) is 40.0 Å². The number of pyridine rings is 1. The number of amides is 1. The summed E-state index contributed by atoms with van der Waals surface area (Å²) in [5, 5.41) is 4.24. The Morgan fingerprint density at radius 1 is 1.14 bits per heavy atom. The van der Waals surface area contributed by atoms with Crippen molar-refractivity contribution in [1.29, 1.82) is 0 Å². The summed E-state index contributed by atoms with van der Waals surface area (Å²) in [6.45, 7) is 8.49. The van der Waals surface area contributed by atoms with E-state index in [2.05, 4.69) is 26.0 Å². The zero-order valence-electron chi connectivity index (χ0n) is 17.0. The Balaban J connectivity index is 1.52. The van der Waals surface area contributed by atoms with Gasteiger partial charge in [0.15, 0.2) is 0 Å². The molecule has 0 saturated carbocycles. The topological polar surface area (TPSA) is 50.2 Å². The SMILES string of the molecule is Cc1ccc(NC(=O)c2cnc3c(c(C)cn3CCCN3CCCC3)c2Cl)cc1. The molecule has 5 nitrogen and oxygen atoms in total. The van der Waals surface area contributed by atoms with Crippen molar-refractivity contribution in [3.05, 3.63) is 58.4 Å². The molecule has 2 aromatic heterocycles. The van der Waals surface area contributed by atoms with Gasteiger partial charge in [-0.3, -0.25) is 4.79 Å². The quantitative estimate of drug-likeness (QED) is 0.619. The second-order valence-electron chi connectivity index (χ2n) is 7.91. The summed E-state index contributed by atoms with van der Waals surface area (Å²) in [6.07, 6.45) is 7.39. The maximum absolute atomic E-state index is 12.8. The third-order valence-corrected chi connectivity index (χ3v) is 6.03. The van der Waals surface area contributed by atoms with Gasteiger partial charge >= 0.3 is 0 Å². The van der Waals surface area contributed by atoms with Crippen LogP contribution in [0.2, 0.25) is 5.02 Å². The smallest absolute Gasteiger partial charge is 0.258 e. The molecule has 0 spiro atoms. The van der Waals surface area contributed by atoms with Crippen LogP contribution < -0.4 is 5.32 Å². The number of nitrogens with zero attached hydrogens (tertiary/aromatic N) is 3. The average molecular weight is 411 g/mol. The minimum atomic E-state index is -0.241. The first-order valence-electron chi connectivity index (χ1n) is 10.3. The second kappa shape index (κ2) is 8.56. The fraction of sp³-hybridized carbons (Fsp3) is 0.391. The Bertz CT molecular complexity index is 1020. The van der Waals surface area contributed by atoms with Crippen LogP contribution in [0.5, 0.6) is 0 Å². The summed E-state index contributed by atoms with van der Waals surface area (Å²) in [7, 11) is 0. The van der Waals surface area contributed by atoms with Gasteiger partial charge in [-0.1, -0.05) is 29.3 Å². The molecule has 1 aromatic carbocycles. The van der Waals surface area contributed by atoms with Gasteiger partial charge in [0.1, 0.15) is 5.65 Å². The fourth-order valence-corrected chi connectivity index (χ4v) is 4.41. The molecule has 29 heavy (non-hydrogen) atoms. The molecule has 1 aliphatic heterocycles. The van der Waals surface area contributed by atoms with Crippen LogP contribution in [0.25, 0.3) is 11.0 Å². The average Bonchev–Trinajstić information content (AvgIpc) is 3.32. The van der Waals surface area contributed by atoms with E-state index >= 15 is 0 Å². The van der Waals surface area contributed by atoms with Gasteiger partial charge < -0.3 is 14.8 Å². The molecule has 3 aromatic rings. The van der Waals surface area contributed by atoms with Crippen molar-refractivity contribution >= 4 is 34.2 Å². The van der Waals surface area contributed by atoms with E-state index in [4.69, 9.17) is 11.6 Å². The zero-order chi connectivity index (χ0) is 20.4. The number of aryl methyl sites for hydroxylation is 3. The van der Waals surface area contributed by atoms with Gasteiger partial charge in [0, 0.05) is 30.0 Å². The van der Waals surface area contributed by atoms with Crippen molar-refractivity contribution in [2.45, 2.75) is 39.7 Å². The number of halogens is 1. The number of hydrogen-bond donors (Lipinski definition) is 1. The van der Waals surface area contributed by atoms with E-state index < -0.39 is 0 Å². The van der Waals surface area contributed by atoms with E-state index in [9.17, 15) is 4.79 Å². The molecule has 0 bridgehead atoms. The van der Waals surface area contributed by atoms with Gasteiger partial charge in [-0.05, 0) is 70.4 Å². The van der Waals surface area contributed by atoms with Gasteiger partial charge in [-0.25, -0.2) is 4.98 Å². The number of rotatable bonds is 6. The number of benzene rings is 1. The molecule has 1 fully saturated rings. The normalized spacial score (nSPS) is 14.6. The number of nitrogens with one attached hydrogen (secondary N) is 1. The van der Waals surface area contributed by atoms with Crippen molar-refractivity contribution in [2.75, 3.05) is 25.0 Å². The summed E-state index contributed by atoms with van der Waals surface area (Å²) in [5.41, 5.74) is 4.18. The van der Waals surface area contributed by atoms with Crippen LogP contribution in [0.3, 0.4) is 0 Å². The number of aromatic nitrogens is 2.